The highest BCUT2D eigenvalue weighted by atomic mass is 127. The summed E-state index contributed by atoms with van der Waals surface area (Å²) in [5.74, 6) is 2.09. The first-order valence-electron chi connectivity index (χ1n) is 11.0. The van der Waals surface area contributed by atoms with Crippen molar-refractivity contribution in [2.24, 2.45) is 0 Å². The summed E-state index contributed by atoms with van der Waals surface area (Å²) >= 11 is 2.24. The molecule has 1 aliphatic heterocycles. The third-order valence-electron chi connectivity index (χ3n) is 5.79. The minimum Gasteiger partial charge on any atom is -0.491 e. The molecule has 3 heterocycles. The summed E-state index contributed by atoms with van der Waals surface area (Å²) in [5, 5.41) is 5.44. The number of fused-ring (bicyclic) bond motifs is 1. The number of hydrogen-bond acceptors (Lipinski definition) is 7. The van der Waals surface area contributed by atoms with Gasteiger partial charge in [-0.15, -0.1) is 5.10 Å². The van der Waals surface area contributed by atoms with Gasteiger partial charge in [-0.05, 0) is 60.7 Å². The maximum Gasteiger partial charge on any atom is 0.228 e. The van der Waals surface area contributed by atoms with Crippen molar-refractivity contribution in [3.05, 3.63) is 69.7 Å². The fraction of sp³-hybridized carbons (Fsp3) is 0.320. The van der Waals surface area contributed by atoms with E-state index in [1.807, 2.05) is 53.2 Å². The van der Waals surface area contributed by atoms with Gasteiger partial charge in [0.05, 0.1) is 7.11 Å². The Morgan fingerprint density at radius 2 is 1.68 bits per heavy atom. The van der Waals surface area contributed by atoms with E-state index in [1.54, 1.807) is 7.11 Å². The Morgan fingerprint density at radius 1 is 1.00 bits per heavy atom. The van der Waals surface area contributed by atoms with Crippen LogP contribution < -0.4 is 14.2 Å². The fourth-order valence-electron chi connectivity index (χ4n) is 3.95. The van der Waals surface area contributed by atoms with Gasteiger partial charge in [0, 0.05) is 6.42 Å². The quantitative estimate of drug-likeness (QED) is 0.293. The van der Waals surface area contributed by atoms with E-state index in [0.29, 0.717) is 24.6 Å². The molecule has 2 aromatic heterocycles. The lowest BCUT2D eigenvalue weighted by Crippen LogP contribution is -2.32. The van der Waals surface area contributed by atoms with E-state index in [9.17, 15) is 0 Å². The van der Waals surface area contributed by atoms with E-state index >= 15 is 0 Å². The number of rotatable bonds is 7. The van der Waals surface area contributed by atoms with Crippen molar-refractivity contribution in [1.82, 2.24) is 19.7 Å². The molecule has 176 valence electrons. The van der Waals surface area contributed by atoms with E-state index in [0.717, 1.165) is 20.6 Å². The minimum absolute atomic E-state index is 0.214. The smallest absolute Gasteiger partial charge is 0.228 e. The fourth-order valence-corrected chi connectivity index (χ4v) is 4.84. The Labute approximate surface area is 211 Å². The van der Waals surface area contributed by atoms with Gasteiger partial charge in [0.1, 0.15) is 45.7 Å². The largest absolute Gasteiger partial charge is 0.491 e. The molecule has 2 aromatic carbocycles. The Balaban J connectivity index is 1.40. The minimum atomic E-state index is -0.340. The lowest BCUT2D eigenvalue weighted by atomic mass is 10.1. The second-order valence-corrected chi connectivity index (χ2v) is 9.30. The van der Waals surface area contributed by atoms with Crippen molar-refractivity contribution < 1.29 is 18.9 Å². The van der Waals surface area contributed by atoms with Crippen LogP contribution >= 0.6 is 22.6 Å². The Morgan fingerprint density at radius 3 is 2.35 bits per heavy atom. The van der Waals surface area contributed by atoms with Gasteiger partial charge in [-0.1, -0.05) is 35.4 Å². The van der Waals surface area contributed by atoms with Crippen LogP contribution in [0, 0.1) is 17.5 Å². The molecule has 0 spiro atoms. The second-order valence-electron chi connectivity index (χ2n) is 8.28. The average Bonchev–Trinajstić information content (AvgIpc) is 3.40. The molecule has 0 unspecified atom stereocenters. The monoisotopic (exact) mass is 572 g/mol. The van der Waals surface area contributed by atoms with Crippen LogP contribution in [0.2, 0.25) is 0 Å². The molecule has 0 aliphatic carbocycles. The zero-order valence-electron chi connectivity index (χ0n) is 19.1. The van der Waals surface area contributed by atoms with Crippen LogP contribution in [0.4, 0.5) is 0 Å². The van der Waals surface area contributed by atoms with Gasteiger partial charge < -0.3 is 18.9 Å². The molecule has 0 amide bonds. The van der Waals surface area contributed by atoms with Gasteiger partial charge in [0.25, 0.3) is 0 Å². The SMILES string of the molecule is COc1ncnc2nn([C@H]3C[C@H](Oc4ccc(C)cc4)[C@@H](COc4ccc(C)cc4)O3)c(I)c12. The number of nitrogens with zero attached hydrogens (tertiary/aromatic N) is 4. The summed E-state index contributed by atoms with van der Waals surface area (Å²) in [6, 6.07) is 16.0. The highest BCUT2D eigenvalue weighted by Gasteiger charge is 2.40. The third-order valence-corrected chi connectivity index (χ3v) is 6.83. The van der Waals surface area contributed by atoms with Crippen molar-refractivity contribution in [3.63, 3.8) is 0 Å². The molecule has 9 heteroatoms. The van der Waals surface area contributed by atoms with Crippen LogP contribution in [0.1, 0.15) is 23.8 Å². The summed E-state index contributed by atoms with van der Waals surface area (Å²) in [5.41, 5.74) is 2.93. The molecular formula is C25H25IN4O4. The molecule has 0 radical (unpaired) electrons. The van der Waals surface area contributed by atoms with Crippen LogP contribution in [0.25, 0.3) is 11.0 Å². The second kappa shape index (κ2) is 9.75. The van der Waals surface area contributed by atoms with Crippen LogP contribution in [0.5, 0.6) is 17.4 Å². The molecule has 8 nitrogen and oxygen atoms in total. The van der Waals surface area contributed by atoms with Gasteiger partial charge in [0.2, 0.25) is 5.88 Å². The number of ether oxygens (including phenoxy) is 4. The summed E-state index contributed by atoms with van der Waals surface area (Å²) in [6.07, 6.45) is 1.21. The zero-order valence-corrected chi connectivity index (χ0v) is 21.3. The highest BCUT2D eigenvalue weighted by Crippen LogP contribution is 2.36. The van der Waals surface area contributed by atoms with Crippen molar-refractivity contribution in [2.75, 3.05) is 13.7 Å². The maximum absolute atomic E-state index is 6.44. The van der Waals surface area contributed by atoms with Gasteiger partial charge in [-0.2, -0.15) is 0 Å². The number of halogens is 1. The number of methoxy groups -OCH3 is 1. The lowest BCUT2D eigenvalue weighted by Gasteiger charge is -2.20. The number of hydrogen-bond donors (Lipinski definition) is 0. The van der Waals surface area contributed by atoms with E-state index in [4.69, 9.17) is 18.9 Å². The van der Waals surface area contributed by atoms with Gasteiger partial charge in [0.15, 0.2) is 11.9 Å². The molecule has 0 bridgehead atoms. The normalized spacial score (nSPS) is 19.9. The maximum atomic E-state index is 6.44. The summed E-state index contributed by atoms with van der Waals surface area (Å²) in [4.78, 5) is 8.51. The van der Waals surface area contributed by atoms with Crippen molar-refractivity contribution >= 4 is 33.6 Å². The van der Waals surface area contributed by atoms with Gasteiger partial charge in [-0.25, -0.2) is 14.6 Å². The lowest BCUT2D eigenvalue weighted by molar-refractivity contribution is -0.0407. The molecule has 4 aromatic rings. The third kappa shape index (κ3) is 4.67. The van der Waals surface area contributed by atoms with Crippen LogP contribution in [-0.4, -0.2) is 45.7 Å². The van der Waals surface area contributed by atoms with E-state index in [-0.39, 0.29) is 18.4 Å². The molecular weight excluding hydrogens is 547 g/mol. The number of aromatic nitrogens is 4. The molecule has 1 saturated heterocycles. The zero-order chi connectivity index (χ0) is 23.7. The summed E-state index contributed by atoms with van der Waals surface area (Å²) in [6.45, 7) is 4.46. The Kier molecular flexibility index (Phi) is 6.55. The van der Waals surface area contributed by atoms with Crippen molar-refractivity contribution in [2.45, 2.75) is 38.7 Å². The van der Waals surface area contributed by atoms with E-state index in [2.05, 4.69) is 51.5 Å². The van der Waals surface area contributed by atoms with Crippen LogP contribution in [-0.2, 0) is 4.74 Å². The first-order chi connectivity index (χ1) is 16.5. The molecule has 0 saturated carbocycles. The standard InChI is InChI=1S/C25H25IN4O4/c1-15-4-8-17(9-5-15)32-13-20-19(33-18-10-6-16(2)7-11-18)12-21(34-20)30-23(26)22-24(29-30)27-14-28-25(22)31-3/h4-11,14,19-21H,12-13H2,1-3H3/t19-,20+,21+/m0/s1. The van der Waals surface area contributed by atoms with Crippen LogP contribution in [0.3, 0.4) is 0 Å². The molecule has 1 fully saturated rings. The Hall–Kier alpha value is -2.92. The van der Waals surface area contributed by atoms with Crippen LogP contribution in [0.15, 0.2) is 54.9 Å². The topological polar surface area (TPSA) is 80.5 Å². The molecule has 3 atom stereocenters. The van der Waals surface area contributed by atoms with Gasteiger partial charge >= 0.3 is 0 Å². The van der Waals surface area contributed by atoms with Gasteiger partial charge in [-0.3, -0.25) is 0 Å². The van der Waals surface area contributed by atoms with Crippen molar-refractivity contribution in [3.8, 4) is 17.4 Å². The molecule has 34 heavy (non-hydrogen) atoms. The number of aryl methyl sites for hydroxylation is 2. The molecule has 5 rings (SSSR count). The first kappa shape index (κ1) is 22.9. The summed E-state index contributed by atoms with van der Waals surface area (Å²) < 4.78 is 27.0. The highest BCUT2D eigenvalue weighted by molar-refractivity contribution is 14.1. The molecule has 0 N–H and O–H groups in total. The first-order valence-corrected chi connectivity index (χ1v) is 12.1. The predicted molar refractivity (Wildman–Crippen MR) is 135 cm³/mol. The Bertz CT molecular complexity index is 1280. The van der Waals surface area contributed by atoms with E-state index in [1.165, 1.54) is 17.5 Å². The average molecular weight is 572 g/mol. The van der Waals surface area contributed by atoms with Crippen molar-refractivity contribution in [1.29, 1.82) is 0 Å². The number of benzene rings is 2. The molecule has 1 aliphatic rings. The predicted octanol–water partition coefficient (Wildman–Crippen LogP) is 4.87. The van der Waals surface area contributed by atoms with E-state index < -0.39 is 0 Å². The summed E-state index contributed by atoms with van der Waals surface area (Å²) in [7, 11) is 1.59.